The van der Waals surface area contributed by atoms with Crippen molar-refractivity contribution in [3.05, 3.63) is 59.2 Å². The molecule has 166 valence electrons. The molecule has 2 aromatic rings. The lowest BCUT2D eigenvalue weighted by molar-refractivity contribution is -0.131. The highest BCUT2D eigenvalue weighted by Crippen LogP contribution is 2.24. The lowest BCUT2D eigenvalue weighted by atomic mass is 10.1. The summed E-state index contributed by atoms with van der Waals surface area (Å²) in [4.78, 5) is 29.3. The molecule has 0 radical (unpaired) electrons. The van der Waals surface area contributed by atoms with Gasteiger partial charge in [-0.3, -0.25) is 9.59 Å². The molecule has 31 heavy (non-hydrogen) atoms. The highest BCUT2D eigenvalue weighted by molar-refractivity contribution is 5.96. The van der Waals surface area contributed by atoms with E-state index in [1.54, 1.807) is 12.1 Å². The van der Waals surface area contributed by atoms with E-state index in [0.29, 0.717) is 37.3 Å². The van der Waals surface area contributed by atoms with Gasteiger partial charge in [0.05, 0.1) is 12.2 Å². The van der Waals surface area contributed by atoms with Crippen LogP contribution in [0.2, 0.25) is 0 Å². The molecule has 1 aliphatic rings. The number of rotatable bonds is 8. The largest absolute Gasteiger partial charge is 0.493 e. The number of para-hydroxylation sites is 1. The van der Waals surface area contributed by atoms with Crippen LogP contribution in [0, 0.1) is 13.8 Å². The van der Waals surface area contributed by atoms with E-state index in [9.17, 15) is 9.59 Å². The molecule has 6 heteroatoms. The highest BCUT2D eigenvalue weighted by atomic mass is 16.5. The normalized spacial score (nSPS) is 13.8. The zero-order valence-corrected chi connectivity index (χ0v) is 18.8. The van der Waals surface area contributed by atoms with Gasteiger partial charge in [0.15, 0.2) is 0 Å². The maximum atomic E-state index is 12.6. The Morgan fingerprint density at radius 2 is 1.74 bits per heavy atom. The molecule has 0 atom stereocenters. The van der Waals surface area contributed by atoms with Gasteiger partial charge in [-0.15, -0.1) is 0 Å². The van der Waals surface area contributed by atoms with Gasteiger partial charge >= 0.3 is 0 Å². The molecule has 0 unspecified atom stereocenters. The van der Waals surface area contributed by atoms with Crippen LogP contribution < -0.4 is 15.0 Å². The monoisotopic (exact) mass is 423 g/mol. The summed E-state index contributed by atoms with van der Waals surface area (Å²) in [5.41, 5.74) is 4.39. The van der Waals surface area contributed by atoms with E-state index in [-0.39, 0.29) is 11.8 Å². The summed E-state index contributed by atoms with van der Waals surface area (Å²) in [5, 5.41) is 2.90. The SMILES string of the molecule is CCOc1ccccc1C(=O)NCCCC(=O)N1CCN(c2cccc(C)c2C)CC1. The second kappa shape index (κ2) is 10.8. The number of carbonyl (C=O) groups excluding carboxylic acids is 2. The van der Waals surface area contributed by atoms with E-state index < -0.39 is 0 Å². The van der Waals surface area contributed by atoms with Gasteiger partial charge in [0, 0.05) is 44.8 Å². The Balaban J connectivity index is 1.41. The summed E-state index contributed by atoms with van der Waals surface area (Å²) in [6.07, 6.45) is 1.06. The van der Waals surface area contributed by atoms with E-state index in [2.05, 4.69) is 42.3 Å². The Bertz CT molecular complexity index is 905. The molecule has 0 bridgehead atoms. The predicted molar refractivity (Wildman–Crippen MR) is 124 cm³/mol. The Labute approximate surface area is 185 Å². The molecule has 1 saturated heterocycles. The lowest BCUT2D eigenvalue weighted by Crippen LogP contribution is -2.49. The van der Waals surface area contributed by atoms with Crippen LogP contribution in [0.3, 0.4) is 0 Å². The number of ether oxygens (including phenoxy) is 1. The quantitative estimate of drug-likeness (QED) is 0.660. The summed E-state index contributed by atoms with van der Waals surface area (Å²) in [6, 6.07) is 13.6. The summed E-state index contributed by atoms with van der Waals surface area (Å²) in [7, 11) is 0. The van der Waals surface area contributed by atoms with Crippen LogP contribution >= 0.6 is 0 Å². The minimum atomic E-state index is -0.168. The third kappa shape index (κ3) is 5.78. The van der Waals surface area contributed by atoms with Gasteiger partial charge in [-0.1, -0.05) is 24.3 Å². The molecule has 3 rings (SSSR count). The number of anilines is 1. The van der Waals surface area contributed by atoms with E-state index in [4.69, 9.17) is 4.74 Å². The molecule has 2 aromatic carbocycles. The van der Waals surface area contributed by atoms with Gasteiger partial charge in [0.2, 0.25) is 5.91 Å². The van der Waals surface area contributed by atoms with Gasteiger partial charge in [-0.05, 0) is 56.5 Å². The minimum Gasteiger partial charge on any atom is -0.493 e. The Kier molecular flexibility index (Phi) is 7.93. The van der Waals surface area contributed by atoms with Gasteiger partial charge < -0.3 is 19.9 Å². The van der Waals surface area contributed by atoms with Gasteiger partial charge in [0.1, 0.15) is 5.75 Å². The first kappa shape index (κ1) is 22.7. The first-order chi connectivity index (χ1) is 15.0. The number of nitrogens with zero attached hydrogens (tertiary/aromatic N) is 2. The fourth-order valence-corrected chi connectivity index (χ4v) is 3.91. The Hall–Kier alpha value is -3.02. The van der Waals surface area contributed by atoms with Crippen molar-refractivity contribution < 1.29 is 14.3 Å². The standard InChI is InChI=1S/C25H33N3O3/c1-4-31-23-12-6-5-10-21(23)25(30)26-14-8-13-24(29)28-17-15-27(16-18-28)22-11-7-9-19(2)20(22)3/h5-7,9-12H,4,8,13-18H2,1-3H3,(H,26,30). The number of hydrogen-bond acceptors (Lipinski definition) is 4. The Morgan fingerprint density at radius 3 is 2.48 bits per heavy atom. The molecule has 6 nitrogen and oxygen atoms in total. The molecule has 2 amide bonds. The maximum absolute atomic E-state index is 12.6. The van der Waals surface area contributed by atoms with Crippen LogP contribution in [-0.2, 0) is 4.79 Å². The molecule has 1 aliphatic heterocycles. The second-order valence-electron chi connectivity index (χ2n) is 7.88. The average Bonchev–Trinajstić information content (AvgIpc) is 2.79. The Morgan fingerprint density at radius 1 is 1.00 bits per heavy atom. The first-order valence-electron chi connectivity index (χ1n) is 11.1. The molecule has 0 saturated carbocycles. The molecular formula is C25H33N3O3. The zero-order chi connectivity index (χ0) is 22.2. The van der Waals surface area contributed by atoms with Gasteiger partial charge in [-0.2, -0.15) is 0 Å². The third-order valence-corrected chi connectivity index (χ3v) is 5.83. The van der Waals surface area contributed by atoms with Crippen LogP contribution in [-0.4, -0.2) is 56.0 Å². The van der Waals surface area contributed by atoms with Crippen molar-refractivity contribution in [1.29, 1.82) is 0 Å². The van der Waals surface area contributed by atoms with E-state index >= 15 is 0 Å². The fraction of sp³-hybridized carbons (Fsp3) is 0.440. The van der Waals surface area contributed by atoms with E-state index in [1.807, 2.05) is 24.0 Å². The van der Waals surface area contributed by atoms with Crippen molar-refractivity contribution in [3.8, 4) is 5.75 Å². The summed E-state index contributed by atoms with van der Waals surface area (Å²) < 4.78 is 5.51. The van der Waals surface area contributed by atoms with Crippen LogP contribution in [0.4, 0.5) is 5.69 Å². The van der Waals surface area contributed by atoms with E-state index in [1.165, 1.54) is 16.8 Å². The number of hydrogen-bond donors (Lipinski definition) is 1. The number of piperazine rings is 1. The maximum Gasteiger partial charge on any atom is 0.255 e. The second-order valence-corrected chi connectivity index (χ2v) is 7.88. The summed E-state index contributed by atoms with van der Waals surface area (Å²) >= 11 is 0. The predicted octanol–water partition coefficient (Wildman–Crippen LogP) is 3.56. The summed E-state index contributed by atoms with van der Waals surface area (Å²) in [5.74, 6) is 0.573. The summed E-state index contributed by atoms with van der Waals surface area (Å²) in [6.45, 7) is 10.3. The van der Waals surface area contributed by atoms with Crippen LogP contribution in [0.15, 0.2) is 42.5 Å². The molecule has 0 aliphatic carbocycles. The van der Waals surface area contributed by atoms with Crippen molar-refractivity contribution in [2.45, 2.75) is 33.6 Å². The average molecular weight is 424 g/mol. The van der Waals surface area contributed by atoms with Crippen molar-refractivity contribution in [3.63, 3.8) is 0 Å². The molecule has 1 N–H and O–H groups in total. The number of carbonyl (C=O) groups is 2. The molecule has 1 fully saturated rings. The molecular weight excluding hydrogens is 390 g/mol. The fourth-order valence-electron chi connectivity index (χ4n) is 3.91. The lowest BCUT2D eigenvalue weighted by Gasteiger charge is -2.37. The van der Waals surface area contributed by atoms with Crippen LogP contribution in [0.1, 0.15) is 41.3 Å². The van der Waals surface area contributed by atoms with Crippen molar-refractivity contribution in [1.82, 2.24) is 10.2 Å². The van der Waals surface area contributed by atoms with Gasteiger partial charge in [-0.25, -0.2) is 0 Å². The minimum absolute atomic E-state index is 0.157. The van der Waals surface area contributed by atoms with Crippen molar-refractivity contribution in [2.75, 3.05) is 44.2 Å². The topological polar surface area (TPSA) is 61.9 Å². The number of aryl methyl sites for hydroxylation is 1. The first-order valence-corrected chi connectivity index (χ1v) is 11.1. The van der Waals surface area contributed by atoms with Crippen molar-refractivity contribution in [2.24, 2.45) is 0 Å². The smallest absolute Gasteiger partial charge is 0.255 e. The molecule has 0 aromatic heterocycles. The molecule has 1 heterocycles. The number of amides is 2. The van der Waals surface area contributed by atoms with Crippen molar-refractivity contribution >= 4 is 17.5 Å². The number of nitrogens with one attached hydrogen (secondary N) is 1. The molecule has 0 spiro atoms. The van der Waals surface area contributed by atoms with Crippen LogP contribution in [0.5, 0.6) is 5.75 Å². The number of benzene rings is 2. The zero-order valence-electron chi connectivity index (χ0n) is 18.8. The van der Waals surface area contributed by atoms with Crippen LogP contribution in [0.25, 0.3) is 0 Å². The highest BCUT2D eigenvalue weighted by Gasteiger charge is 2.22. The third-order valence-electron chi connectivity index (χ3n) is 5.83. The van der Waals surface area contributed by atoms with Gasteiger partial charge in [0.25, 0.3) is 5.91 Å². The van der Waals surface area contributed by atoms with E-state index in [0.717, 1.165) is 26.2 Å².